The lowest BCUT2D eigenvalue weighted by atomic mass is 9.91. The summed E-state index contributed by atoms with van der Waals surface area (Å²) in [7, 11) is 1.32. The molecule has 0 unspecified atom stereocenters. The summed E-state index contributed by atoms with van der Waals surface area (Å²) in [6, 6.07) is 5.95. The number of carbonyl (C=O) groups is 2. The first-order valence-corrected chi connectivity index (χ1v) is 10.5. The first-order chi connectivity index (χ1) is 13.2. The molecule has 0 aliphatic carbocycles. The van der Waals surface area contributed by atoms with Crippen LogP contribution in [0.15, 0.2) is 18.2 Å². The predicted octanol–water partition coefficient (Wildman–Crippen LogP) is 3.32. The number of hydrogen-bond acceptors (Lipinski definition) is 5. The van der Waals surface area contributed by atoms with Crippen molar-refractivity contribution in [2.45, 2.75) is 52.2 Å². The van der Waals surface area contributed by atoms with E-state index < -0.39 is 5.60 Å². The Labute approximate surface area is 179 Å². The molecular formula is C20H30BCl2N2O3. The molecule has 1 aromatic carbocycles. The zero-order chi connectivity index (χ0) is 21.2. The number of halogens is 2. The van der Waals surface area contributed by atoms with Gasteiger partial charge in [0.25, 0.3) is 7.41 Å². The quantitative estimate of drug-likeness (QED) is 0.240. The fourth-order valence-corrected chi connectivity index (χ4v) is 3.27. The molecule has 28 heavy (non-hydrogen) atoms. The highest BCUT2D eigenvalue weighted by atomic mass is 35.5. The van der Waals surface area contributed by atoms with E-state index in [0.29, 0.717) is 37.5 Å². The molecule has 0 aliphatic rings. The van der Waals surface area contributed by atoms with Gasteiger partial charge in [0.05, 0.1) is 12.6 Å². The van der Waals surface area contributed by atoms with Crippen LogP contribution in [0.25, 0.3) is 0 Å². The van der Waals surface area contributed by atoms with Crippen LogP contribution in [0.2, 0.25) is 0 Å². The number of hydrogen-bond donors (Lipinski definition) is 1. The maximum absolute atomic E-state index is 12.3. The first-order valence-electron chi connectivity index (χ1n) is 9.41. The molecule has 1 atom stereocenters. The molecule has 155 valence electrons. The van der Waals surface area contributed by atoms with Gasteiger partial charge in [-0.2, -0.15) is 0 Å². The Morgan fingerprint density at radius 2 is 1.93 bits per heavy atom. The van der Waals surface area contributed by atoms with Crippen LogP contribution in [0.4, 0.5) is 5.69 Å². The van der Waals surface area contributed by atoms with E-state index in [1.807, 2.05) is 39.8 Å². The van der Waals surface area contributed by atoms with Gasteiger partial charge < -0.3 is 19.7 Å². The minimum Gasteiger partial charge on any atom is -0.460 e. The number of anilines is 1. The monoisotopic (exact) mass is 427 g/mol. The Kier molecular flexibility index (Phi) is 10.9. The molecule has 0 amide bonds. The standard InChI is InChI=1S/C20H30BCl2N2O3/c1-15-5-6-18(25(9-7-22)10-8-23)12-16(15)11-17(24-21-14-26)13-19(27)28-20(2,3)4/h5-6,12,14,17,24H,7-11,13H2,1-4H3/t17-/m0/s1. The normalized spacial score (nSPS) is 12.4. The van der Waals surface area contributed by atoms with Gasteiger partial charge in [0.15, 0.2) is 0 Å². The number of nitrogens with one attached hydrogen (secondary N) is 1. The van der Waals surface area contributed by atoms with Gasteiger partial charge in [0.1, 0.15) is 5.60 Å². The lowest BCUT2D eigenvalue weighted by molar-refractivity contribution is -0.155. The van der Waals surface area contributed by atoms with Gasteiger partial charge in [-0.25, -0.2) is 0 Å². The zero-order valence-electron chi connectivity index (χ0n) is 17.1. The van der Waals surface area contributed by atoms with Crippen molar-refractivity contribution in [1.29, 1.82) is 0 Å². The van der Waals surface area contributed by atoms with E-state index >= 15 is 0 Å². The molecule has 5 nitrogen and oxygen atoms in total. The minimum absolute atomic E-state index is 0.165. The van der Waals surface area contributed by atoms with E-state index in [1.54, 1.807) is 0 Å². The molecule has 1 aromatic rings. The molecule has 1 N–H and O–H groups in total. The summed E-state index contributed by atoms with van der Waals surface area (Å²) < 4.78 is 5.42. The topological polar surface area (TPSA) is 58.6 Å². The highest BCUT2D eigenvalue weighted by Gasteiger charge is 2.21. The Balaban J connectivity index is 2.98. The highest BCUT2D eigenvalue weighted by Crippen LogP contribution is 2.22. The van der Waals surface area contributed by atoms with Crippen molar-refractivity contribution in [2.24, 2.45) is 0 Å². The zero-order valence-corrected chi connectivity index (χ0v) is 18.6. The molecule has 0 fully saturated rings. The van der Waals surface area contributed by atoms with Crippen LogP contribution in [-0.4, -0.2) is 56.1 Å². The van der Waals surface area contributed by atoms with Gasteiger partial charge in [0, 0.05) is 36.6 Å². The van der Waals surface area contributed by atoms with Crippen molar-refractivity contribution in [3.63, 3.8) is 0 Å². The number of esters is 1. The van der Waals surface area contributed by atoms with E-state index in [-0.39, 0.29) is 18.4 Å². The predicted molar refractivity (Wildman–Crippen MR) is 118 cm³/mol. The molecule has 0 saturated carbocycles. The largest absolute Gasteiger partial charge is 0.460 e. The van der Waals surface area contributed by atoms with Gasteiger partial charge in [-0.05, 0) is 57.4 Å². The lowest BCUT2D eigenvalue weighted by Crippen LogP contribution is -2.38. The molecule has 0 saturated heterocycles. The van der Waals surface area contributed by atoms with E-state index in [0.717, 1.165) is 16.8 Å². The van der Waals surface area contributed by atoms with Gasteiger partial charge in [-0.3, -0.25) is 4.79 Å². The molecular weight excluding hydrogens is 398 g/mol. The van der Waals surface area contributed by atoms with Gasteiger partial charge in [-0.1, -0.05) is 6.07 Å². The van der Waals surface area contributed by atoms with Crippen molar-refractivity contribution >= 4 is 48.5 Å². The first kappa shape index (κ1) is 24.8. The number of benzene rings is 1. The molecule has 0 spiro atoms. The second-order valence-corrected chi connectivity index (χ2v) is 8.39. The van der Waals surface area contributed by atoms with Gasteiger partial charge in [0.2, 0.25) is 0 Å². The Morgan fingerprint density at radius 3 is 2.46 bits per heavy atom. The smallest absolute Gasteiger partial charge is 0.307 e. The number of alkyl halides is 2. The van der Waals surface area contributed by atoms with Crippen LogP contribution >= 0.6 is 23.2 Å². The van der Waals surface area contributed by atoms with Crippen molar-refractivity contribution in [3.05, 3.63) is 29.3 Å². The van der Waals surface area contributed by atoms with E-state index in [9.17, 15) is 9.59 Å². The van der Waals surface area contributed by atoms with Crippen LogP contribution in [0.1, 0.15) is 38.3 Å². The number of aryl methyl sites for hydroxylation is 1. The molecule has 8 heteroatoms. The second kappa shape index (κ2) is 12.4. The SMILES string of the molecule is Cc1ccc(N(CCCl)CCCl)cc1C[C@@H](CC(=O)OC(C)(C)C)N[B]C=O. The third kappa shape index (κ3) is 9.31. The summed E-state index contributed by atoms with van der Waals surface area (Å²) in [6.45, 7) is 8.94. The van der Waals surface area contributed by atoms with Crippen LogP contribution < -0.4 is 10.1 Å². The Bertz CT molecular complexity index is 632. The van der Waals surface area contributed by atoms with Crippen LogP contribution in [0.5, 0.6) is 0 Å². The second-order valence-electron chi connectivity index (χ2n) is 7.64. The van der Waals surface area contributed by atoms with Crippen LogP contribution in [-0.2, 0) is 20.7 Å². The van der Waals surface area contributed by atoms with E-state index in [1.165, 1.54) is 7.41 Å². The fraction of sp³-hybridized carbons (Fsp3) is 0.600. The Hall–Kier alpha value is -1.24. The summed E-state index contributed by atoms with van der Waals surface area (Å²) in [5.74, 6) is 0.720. The van der Waals surface area contributed by atoms with E-state index in [2.05, 4.69) is 16.2 Å². The Morgan fingerprint density at radius 1 is 1.29 bits per heavy atom. The summed E-state index contributed by atoms with van der Waals surface area (Å²) in [5, 5.41) is 3.01. The number of ether oxygens (including phenoxy) is 1. The van der Waals surface area contributed by atoms with Crippen LogP contribution in [0.3, 0.4) is 0 Å². The summed E-state index contributed by atoms with van der Waals surface area (Å²) >= 11 is 11.8. The summed E-state index contributed by atoms with van der Waals surface area (Å²) in [4.78, 5) is 25.2. The molecule has 0 bridgehead atoms. The summed E-state index contributed by atoms with van der Waals surface area (Å²) in [6.07, 6.45) is 1.42. The molecule has 0 aromatic heterocycles. The van der Waals surface area contributed by atoms with Crippen molar-refractivity contribution in [1.82, 2.24) is 5.23 Å². The van der Waals surface area contributed by atoms with Crippen molar-refractivity contribution in [3.8, 4) is 0 Å². The maximum atomic E-state index is 12.3. The fourth-order valence-electron chi connectivity index (χ4n) is 2.86. The van der Waals surface area contributed by atoms with Crippen molar-refractivity contribution in [2.75, 3.05) is 29.7 Å². The molecule has 0 heterocycles. The maximum Gasteiger partial charge on any atom is 0.307 e. The average molecular weight is 428 g/mol. The third-order valence-electron chi connectivity index (χ3n) is 4.11. The highest BCUT2D eigenvalue weighted by molar-refractivity contribution is 6.64. The molecule has 0 aliphatic heterocycles. The van der Waals surface area contributed by atoms with Crippen molar-refractivity contribution < 1.29 is 14.3 Å². The minimum atomic E-state index is -0.546. The molecule has 1 rings (SSSR count). The van der Waals surface area contributed by atoms with E-state index in [4.69, 9.17) is 27.9 Å². The summed E-state index contributed by atoms with van der Waals surface area (Å²) in [5.41, 5.74) is 2.70. The lowest BCUT2D eigenvalue weighted by Gasteiger charge is -2.26. The average Bonchev–Trinajstić information content (AvgIpc) is 2.59. The van der Waals surface area contributed by atoms with Gasteiger partial charge >= 0.3 is 5.97 Å². The number of carbonyl (C=O) groups excluding carboxylic acids is 2. The van der Waals surface area contributed by atoms with Crippen LogP contribution in [0, 0.1) is 6.92 Å². The molecule has 1 radical (unpaired) electrons. The number of nitrogens with zero attached hydrogens (tertiary/aromatic N) is 1. The number of rotatable bonds is 12. The third-order valence-corrected chi connectivity index (χ3v) is 4.44. The van der Waals surface area contributed by atoms with Gasteiger partial charge in [-0.15, -0.1) is 23.2 Å².